The fourth-order valence-corrected chi connectivity index (χ4v) is 9.72. The first-order valence-corrected chi connectivity index (χ1v) is 27.0. The summed E-state index contributed by atoms with van der Waals surface area (Å²) in [6.45, 7) is 7.25. The van der Waals surface area contributed by atoms with E-state index in [4.69, 9.17) is 15.2 Å². The second kappa shape index (κ2) is 24.1. The summed E-state index contributed by atoms with van der Waals surface area (Å²) >= 11 is 0. The summed E-state index contributed by atoms with van der Waals surface area (Å²) in [5.41, 5.74) is 8.11. The molecule has 1 heterocycles. The van der Waals surface area contributed by atoms with Gasteiger partial charge in [0.05, 0.1) is 101 Å². The van der Waals surface area contributed by atoms with E-state index < -0.39 is 59.7 Å². The number of carbonyl (C=O) groups excluding carboxylic acids is 3. The van der Waals surface area contributed by atoms with Crippen LogP contribution in [0.5, 0.6) is 11.5 Å². The molecule has 0 saturated heterocycles. The summed E-state index contributed by atoms with van der Waals surface area (Å²) in [5, 5.41) is 6.32. The first-order chi connectivity index (χ1) is 31.7. The van der Waals surface area contributed by atoms with Gasteiger partial charge in [0.2, 0.25) is 11.0 Å². The number of ether oxygens (including phenoxy) is 2. The van der Waals surface area contributed by atoms with E-state index in [1.807, 2.05) is 21.1 Å². The van der Waals surface area contributed by atoms with Crippen molar-refractivity contribution in [2.24, 2.45) is 5.73 Å². The highest BCUT2D eigenvalue weighted by Crippen LogP contribution is 2.32. The minimum atomic E-state index is -4.53. The molecule has 1 unspecified atom stereocenters. The molecule has 0 bridgehead atoms. The van der Waals surface area contributed by atoms with Crippen molar-refractivity contribution in [1.29, 1.82) is 0 Å². The van der Waals surface area contributed by atoms with Gasteiger partial charge in [-0.3, -0.25) is 4.79 Å². The Morgan fingerprint density at radius 3 is 1.81 bits per heavy atom. The van der Waals surface area contributed by atoms with Gasteiger partial charge < -0.3 is 48.5 Å². The lowest BCUT2D eigenvalue weighted by atomic mass is 10.0. The maximum Gasteiger partial charge on any atom is 0.412 e. The van der Waals surface area contributed by atoms with Gasteiger partial charge in [0.15, 0.2) is 6.54 Å². The number of carbonyl (C=O) groups is 3. The zero-order valence-electron chi connectivity index (χ0n) is 39.3. The Morgan fingerprint density at radius 1 is 0.647 bits per heavy atom. The number of amides is 2. The average molecular weight is 1010 g/mol. The summed E-state index contributed by atoms with van der Waals surface area (Å²) in [6.07, 6.45) is 1.39. The minimum absolute atomic E-state index is 0.0310. The van der Waals surface area contributed by atoms with Gasteiger partial charge in [-0.1, -0.05) is 12.1 Å². The van der Waals surface area contributed by atoms with Crippen molar-refractivity contribution >= 4 is 70.1 Å². The van der Waals surface area contributed by atoms with Crippen LogP contribution in [0.15, 0.2) is 54.6 Å². The Hall–Kier alpha value is -4.85. The van der Waals surface area contributed by atoms with E-state index in [0.717, 1.165) is 0 Å². The van der Waals surface area contributed by atoms with Crippen molar-refractivity contribution in [2.45, 2.75) is 58.9 Å². The second-order valence-electron chi connectivity index (χ2n) is 18.0. The highest BCUT2D eigenvalue weighted by Gasteiger charge is 2.28. The zero-order chi connectivity index (χ0) is 50.5. The van der Waals surface area contributed by atoms with Gasteiger partial charge in [0.25, 0.3) is 5.91 Å². The molecule has 23 heteroatoms. The van der Waals surface area contributed by atoms with E-state index in [2.05, 4.69) is 10.6 Å². The molecule has 0 saturated carbocycles. The van der Waals surface area contributed by atoms with Crippen molar-refractivity contribution in [3.8, 4) is 11.5 Å². The second-order valence-corrected chi connectivity index (χ2v) is 22.6. The number of nitrogens with one attached hydrogen (secondary N) is 2. The van der Waals surface area contributed by atoms with Gasteiger partial charge in [-0.05, 0) is 61.9 Å². The van der Waals surface area contributed by atoms with Crippen LogP contribution in [0.25, 0.3) is 21.8 Å². The summed E-state index contributed by atoms with van der Waals surface area (Å²) in [7, 11) is -7.45. The van der Waals surface area contributed by atoms with Crippen LogP contribution >= 0.6 is 0 Å². The predicted octanol–water partition coefficient (Wildman–Crippen LogP) is 2.39. The number of quaternary nitrogens is 2. The third-order valence-corrected chi connectivity index (χ3v) is 14.0. The largest absolute Gasteiger partial charge is 0.748 e. The molecular formula is C45H64N6O14S3. The standard InChI is InChI=1S/C45H64N6O14S3/c1-33-30-35(43(52)47-19-10-25-51(5,24-8-18-46)26-13-29-68(61,62)63)31-34(2)42(33)65-44(53)41-37-14-6-7-15-39(37)49(21-11-27-66(55,56)57)40-17-16-36(32-38(40)41)64-45(54)48-20-9-22-50(3,4)23-12-28-67(58,59)60/h6-7,14-17,30-32H,8-13,18-29,46H2,1-5H3,(H2-3,47,48,52,54,55,56,57,58,59,60,61,62,63). The van der Waals surface area contributed by atoms with E-state index in [-0.39, 0.29) is 55.3 Å². The first-order valence-electron chi connectivity index (χ1n) is 22.3. The molecule has 376 valence electrons. The van der Waals surface area contributed by atoms with Crippen molar-refractivity contribution in [1.82, 2.24) is 10.6 Å². The Bertz CT molecular complexity index is 2760. The SMILES string of the molecule is Cc1cc(C(=O)NCCC[N+](C)(CCCN)CCCS(=O)(=O)[O-])cc(C)c1OC(=O)c1c2ccccc2[n+](CCCS(=O)(=O)[O-])c2ccc(OC(=O)NCCC[N+](C)(C)CCCS(=O)(=O)[O-])cc12. The number of nitrogens with zero attached hydrogens (tertiary/aromatic N) is 3. The van der Waals surface area contributed by atoms with Gasteiger partial charge in [-0.25, -0.2) is 34.8 Å². The topological polar surface area (TPSA) is 295 Å². The number of hydrogen-bond donors (Lipinski definition) is 3. The van der Waals surface area contributed by atoms with Crippen LogP contribution in [-0.4, -0.2) is 157 Å². The summed E-state index contributed by atoms with van der Waals surface area (Å²) in [6, 6.07) is 14.7. The Kier molecular flexibility index (Phi) is 19.8. The molecule has 4 N–H and O–H groups in total. The number of hydrogen-bond acceptors (Lipinski definition) is 15. The molecule has 4 aromatic rings. The lowest BCUT2D eigenvalue weighted by Crippen LogP contribution is -2.48. The number of aromatic nitrogens is 1. The van der Waals surface area contributed by atoms with Crippen LogP contribution < -0.4 is 30.4 Å². The number of aryl methyl sites for hydroxylation is 3. The van der Waals surface area contributed by atoms with E-state index in [1.165, 1.54) is 12.1 Å². The maximum atomic E-state index is 14.5. The molecular weight excluding hydrogens is 945 g/mol. The molecule has 0 aliphatic carbocycles. The molecule has 2 amide bonds. The molecule has 0 spiro atoms. The normalized spacial score (nSPS) is 13.3. The van der Waals surface area contributed by atoms with Crippen LogP contribution in [0.4, 0.5) is 4.79 Å². The Morgan fingerprint density at radius 2 is 1.18 bits per heavy atom. The Balaban J connectivity index is 1.56. The van der Waals surface area contributed by atoms with Crippen molar-refractivity contribution in [3.63, 3.8) is 0 Å². The highest BCUT2D eigenvalue weighted by atomic mass is 32.2. The molecule has 1 atom stereocenters. The molecule has 0 aliphatic heterocycles. The third kappa shape index (κ3) is 17.9. The lowest BCUT2D eigenvalue weighted by molar-refractivity contribution is -0.909. The Labute approximate surface area is 399 Å². The van der Waals surface area contributed by atoms with Crippen molar-refractivity contribution < 1.29 is 76.3 Å². The summed E-state index contributed by atoms with van der Waals surface area (Å²) < 4.78 is 116. The monoisotopic (exact) mass is 1010 g/mol. The molecule has 68 heavy (non-hydrogen) atoms. The van der Waals surface area contributed by atoms with Crippen LogP contribution in [0.3, 0.4) is 0 Å². The molecule has 0 aliphatic rings. The molecule has 3 aromatic carbocycles. The quantitative estimate of drug-likeness (QED) is 0.0147. The van der Waals surface area contributed by atoms with Gasteiger partial charge in [0, 0.05) is 86.6 Å². The number of pyridine rings is 1. The number of esters is 1. The van der Waals surface area contributed by atoms with Crippen LogP contribution in [0, 0.1) is 13.8 Å². The van der Waals surface area contributed by atoms with Gasteiger partial charge >= 0.3 is 12.1 Å². The van der Waals surface area contributed by atoms with Crippen LogP contribution in [-0.2, 0) is 36.9 Å². The fraction of sp³-hybridized carbons (Fsp3) is 0.511. The first kappa shape index (κ1) is 55.7. The predicted molar refractivity (Wildman–Crippen MR) is 252 cm³/mol. The lowest BCUT2D eigenvalue weighted by Gasteiger charge is -2.35. The minimum Gasteiger partial charge on any atom is -0.748 e. The van der Waals surface area contributed by atoms with Crippen LogP contribution in [0.2, 0.25) is 0 Å². The number of fused-ring (bicyclic) bond motifs is 2. The number of nitrogens with two attached hydrogens (primary N) is 1. The average Bonchev–Trinajstić information content (AvgIpc) is 3.22. The van der Waals surface area contributed by atoms with E-state index >= 15 is 0 Å². The molecule has 20 nitrogen and oxygen atoms in total. The van der Waals surface area contributed by atoms with Gasteiger partial charge in [-0.15, -0.1) is 0 Å². The van der Waals surface area contributed by atoms with Crippen LogP contribution in [0.1, 0.15) is 70.4 Å². The smallest absolute Gasteiger partial charge is 0.412 e. The zero-order valence-corrected chi connectivity index (χ0v) is 41.7. The maximum absolute atomic E-state index is 14.5. The summed E-state index contributed by atoms with van der Waals surface area (Å²) in [5.74, 6) is -2.39. The third-order valence-electron chi connectivity index (χ3n) is 11.6. The number of para-hydroxylation sites is 1. The number of benzene rings is 3. The molecule has 0 radical (unpaired) electrons. The molecule has 0 fully saturated rings. The van der Waals surface area contributed by atoms with Gasteiger partial charge in [-0.2, -0.15) is 4.57 Å². The fourth-order valence-electron chi connectivity index (χ4n) is 8.27. The highest BCUT2D eigenvalue weighted by molar-refractivity contribution is 7.86. The van der Waals surface area contributed by atoms with E-state index in [0.29, 0.717) is 113 Å². The summed E-state index contributed by atoms with van der Waals surface area (Å²) in [4.78, 5) is 40.9. The molecule has 4 rings (SSSR count). The van der Waals surface area contributed by atoms with E-state index in [1.54, 1.807) is 60.9 Å². The van der Waals surface area contributed by atoms with Gasteiger partial charge in [0.1, 0.15) is 11.5 Å². The van der Waals surface area contributed by atoms with Crippen molar-refractivity contribution in [2.75, 3.05) is 90.8 Å². The molecule has 1 aromatic heterocycles. The van der Waals surface area contributed by atoms with E-state index in [9.17, 15) is 53.3 Å². The number of rotatable bonds is 27. The van der Waals surface area contributed by atoms with Crippen molar-refractivity contribution in [3.05, 3.63) is 76.9 Å².